The summed E-state index contributed by atoms with van der Waals surface area (Å²) < 4.78 is 69.2. The van der Waals surface area contributed by atoms with E-state index in [9.17, 15) is 22.0 Å². The molecule has 0 radical (unpaired) electrons. The van der Waals surface area contributed by atoms with Crippen LogP contribution in [0.2, 0.25) is 0 Å². The fourth-order valence-electron chi connectivity index (χ4n) is 1.69. The van der Waals surface area contributed by atoms with Crippen LogP contribution in [0.1, 0.15) is 12.0 Å². The second-order valence-corrected chi connectivity index (χ2v) is 3.98. The van der Waals surface area contributed by atoms with Crippen molar-refractivity contribution in [2.75, 3.05) is 13.1 Å². The summed E-state index contributed by atoms with van der Waals surface area (Å²) >= 11 is 0. The Balaban J connectivity index is 0.00000180. The molecule has 1 heterocycles. The van der Waals surface area contributed by atoms with Crippen LogP contribution in [0.5, 0.6) is 5.75 Å². The quantitative estimate of drug-likeness (QED) is 0.866. The summed E-state index contributed by atoms with van der Waals surface area (Å²) in [6.45, 7) is -0.616. The average molecular weight is 304 g/mol. The van der Waals surface area contributed by atoms with Crippen molar-refractivity contribution in [1.82, 2.24) is 5.32 Å². The fraction of sp³-hybridized carbons (Fsp3) is 0.455. The minimum absolute atomic E-state index is 0. The highest BCUT2D eigenvalue weighted by atomic mass is 35.5. The maximum atomic E-state index is 13.2. The third-order valence-electron chi connectivity index (χ3n) is 2.64. The molecule has 0 unspecified atom stereocenters. The summed E-state index contributed by atoms with van der Waals surface area (Å²) in [5.41, 5.74) is -0.859. The summed E-state index contributed by atoms with van der Waals surface area (Å²) in [4.78, 5) is 0. The molecule has 0 spiro atoms. The molecule has 1 atom stereocenters. The Labute approximate surface area is 112 Å². The molecule has 0 aliphatic carbocycles. The molecular formula is C11H11ClF5NO. The van der Waals surface area contributed by atoms with Gasteiger partial charge in [0.15, 0.2) is 6.10 Å². The number of ether oxygens (including phenoxy) is 1. The van der Waals surface area contributed by atoms with E-state index in [-0.39, 0.29) is 24.7 Å². The van der Waals surface area contributed by atoms with Gasteiger partial charge in [-0.2, -0.15) is 0 Å². The predicted octanol–water partition coefficient (Wildman–Crippen LogP) is 3.17. The van der Waals surface area contributed by atoms with Crippen molar-refractivity contribution in [3.8, 4) is 5.75 Å². The normalized spacial score (nSPS) is 21.3. The molecule has 0 amide bonds. The first-order valence-electron chi connectivity index (χ1n) is 5.23. The minimum Gasteiger partial charge on any atom is -0.483 e. The van der Waals surface area contributed by atoms with Crippen LogP contribution < -0.4 is 10.1 Å². The van der Waals surface area contributed by atoms with Gasteiger partial charge in [-0.25, -0.2) is 22.0 Å². The molecule has 1 N–H and O–H groups in total. The topological polar surface area (TPSA) is 21.3 Å². The molecule has 108 valence electrons. The first kappa shape index (κ1) is 16.0. The van der Waals surface area contributed by atoms with Gasteiger partial charge < -0.3 is 10.1 Å². The molecule has 1 saturated heterocycles. The predicted molar refractivity (Wildman–Crippen MR) is 60.8 cm³/mol. The molecule has 2 rings (SSSR count). The Kier molecular flexibility index (Phi) is 4.98. The van der Waals surface area contributed by atoms with Gasteiger partial charge in [0.2, 0.25) is 0 Å². The maximum absolute atomic E-state index is 13.2. The highest BCUT2D eigenvalue weighted by Crippen LogP contribution is 2.30. The van der Waals surface area contributed by atoms with Crippen molar-refractivity contribution in [3.63, 3.8) is 0 Å². The van der Waals surface area contributed by atoms with Gasteiger partial charge in [0.25, 0.3) is 12.3 Å². The lowest BCUT2D eigenvalue weighted by Gasteiger charge is -2.19. The van der Waals surface area contributed by atoms with Crippen molar-refractivity contribution in [3.05, 3.63) is 29.6 Å². The van der Waals surface area contributed by atoms with Crippen LogP contribution in [0.15, 0.2) is 18.2 Å². The van der Waals surface area contributed by atoms with Gasteiger partial charge in [-0.05, 0) is 18.2 Å². The summed E-state index contributed by atoms with van der Waals surface area (Å²) in [6, 6.07) is 2.57. The van der Waals surface area contributed by atoms with Gasteiger partial charge in [0.05, 0.1) is 12.1 Å². The Hall–Kier alpha value is -1.08. The third-order valence-corrected chi connectivity index (χ3v) is 2.64. The van der Waals surface area contributed by atoms with Gasteiger partial charge >= 0.3 is 0 Å². The van der Waals surface area contributed by atoms with E-state index in [0.29, 0.717) is 0 Å². The summed E-state index contributed by atoms with van der Waals surface area (Å²) in [5.74, 6) is -4.35. The number of halogens is 6. The first-order chi connectivity index (χ1) is 8.40. The standard InChI is InChI=1S/C11H10F5NO.ClH/c12-8-2-1-6(3-7(8)10(13)14)18-9-4-17-5-11(9,15)16;/h1-3,9-10,17H,4-5H2;1H/t9-;/m0./s1. The van der Waals surface area contributed by atoms with Crippen molar-refractivity contribution in [2.24, 2.45) is 0 Å². The van der Waals surface area contributed by atoms with Gasteiger partial charge in [0, 0.05) is 6.54 Å². The van der Waals surface area contributed by atoms with Gasteiger partial charge in [-0.15, -0.1) is 12.4 Å². The Morgan fingerprint density at radius 1 is 1.32 bits per heavy atom. The van der Waals surface area contributed by atoms with E-state index in [1.807, 2.05) is 0 Å². The summed E-state index contributed by atoms with van der Waals surface area (Å²) in [7, 11) is 0. The lowest BCUT2D eigenvalue weighted by atomic mass is 10.2. The Morgan fingerprint density at radius 2 is 2.00 bits per heavy atom. The number of nitrogens with one attached hydrogen (secondary N) is 1. The van der Waals surface area contributed by atoms with Crippen LogP contribution in [0, 0.1) is 5.82 Å². The molecule has 0 saturated carbocycles. The van der Waals surface area contributed by atoms with Crippen LogP contribution in [-0.4, -0.2) is 25.1 Å². The summed E-state index contributed by atoms with van der Waals surface area (Å²) in [5, 5.41) is 2.43. The fourth-order valence-corrected chi connectivity index (χ4v) is 1.69. The van der Waals surface area contributed by atoms with Crippen molar-refractivity contribution in [1.29, 1.82) is 0 Å². The van der Waals surface area contributed by atoms with E-state index in [1.165, 1.54) is 0 Å². The average Bonchev–Trinajstić information content (AvgIpc) is 2.60. The van der Waals surface area contributed by atoms with Gasteiger partial charge in [-0.3, -0.25) is 0 Å². The van der Waals surface area contributed by atoms with Crippen LogP contribution in [0.3, 0.4) is 0 Å². The van der Waals surface area contributed by atoms with Crippen LogP contribution in [0.4, 0.5) is 22.0 Å². The Morgan fingerprint density at radius 3 is 2.53 bits per heavy atom. The number of benzene rings is 1. The molecule has 0 aromatic heterocycles. The van der Waals surface area contributed by atoms with Crippen LogP contribution >= 0.6 is 12.4 Å². The second-order valence-electron chi connectivity index (χ2n) is 3.98. The molecule has 1 aromatic rings. The Bertz CT molecular complexity index is 443. The van der Waals surface area contributed by atoms with E-state index in [4.69, 9.17) is 4.74 Å². The molecular weight excluding hydrogens is 293 g/mol. The van der Waals surface area contributed by atoms with Crippen LogP contribution in [0.25, 0.3) is 0 Å². The number of hydrogen-bond acceptors (Lipinski definition) is 2. The van der Waals surface area contributed by atoms with E-state index < -0.39 is 36.4 Å². The summed E-state index contributed by atoms with van der Waals surface area (Å²) in [6.07, 6.45) is -4.45. The highest BCUT2D eigenvalue weighted by Gasteiger charge is 2.46. The first-order valence-corrected chi connectivity index (χ1v) is 5.23. The molecule has 8 heteroatoms. The number of hydrogen-bond donors (Lipinski definition) is 1. The molecule has 19 heavy (non-hydrogen) atoms. The monoisotopic (exact) mass is 303 g/mol. The van der Waals surface area contributed by atoms with Gasteiger partial charge in [0.1, 0.15) is 11.6 Å². The van der Waals surface area contributed by atoms with E-state index in [2.05, 4.69) is 5.32 Å². The van der Waals surface area contributed by atoms with Crippen molar-refractivity contribution < 1.29 is 26.7 Å². The van der Waals surface area contributed by atoms with Crippen LogP contribution in [-0.2, 0) is 0 Å². The minimum atomic E-state index is -3.07. The largest absolute Gasteiger partial charge is 0.483 e. The zero-order valence-electron chi connectivity index (χ0n) is 9.51. The smallest absolute Gasteiger partial charge is 0.297 e. The second kappa shape index (κ2) is 5.92. The van der Waals surface area contributed by atoms with E-state index >= 15 is 0 Å². The molecule has 1 fully saturated rings. The zero-order chi connectivity index (χ0) is 13.3. The van der Waals surface area contributed by atoms with Crippen molar-refractivity contribution in [2.45, 2.75) is 18.5 Å². The number of alkyl halides is 4. The highest BCUT2D eigenvalue weighted by molar-refractivity contribution is 5.85. The lowest BCUT2D eigenvalue weighted by Crippen LogP contribution is -2.36. The third kappa shape index (κ3) is 3.48. The number of rotatable bonds is 3. The van der Waals surface area contributed by atoms with E-state index in [0.717, 1.165) is 18.2 Å². The molecule has 2 nitrogen and oxygen atoms in total. The molecule has 1 aliphatic heterocycles. The SMILES string of the molecule is Cl.Fc1ccc(O[C@H]2CNCC2(F)F)cc1C(F)F. The van der Waals surface area contributed by atoms with Crippen molar-refractivity contribution >= 4 is 12.4 Å². The zero-order valence-corrected chi connectivity index (χ0v) is 10.3. The van der Waals surface area contributed by atoms with Gasteiger partial charge in [-0.1, -0.05) is 0 Å². The maximum Gasteiger partial charge on any atom is 0.297 e. The molecule has 1 aliphatic rings. The lowest BCUT2D eigenvalue weighted by molar-refractivity contribution is -0.0599. The van der Waals surface area contributed by atoms with E-state index in [1.54, 1.807) is 0 Å². The molecule has 0 bridgehead atoms. The molecule has 1 aromatic carbocycles.